The second-order valence-corrected chi connectivity index (χ2v) is 8.90. The van der Waals surface area contributed by atoms with Crippen LogP contribution in [0.1, 0.15) is 58.3 Å². The lowest BCUT2D eigenvalue weighted by molar-refractivity contribution is 0.0773. The Kier molecular flexibility index (Phi) is 7.84. The van der Waals surface area contributed by atoms with E-state index in [0.717, 1.165) is 41.0 Å². The molecule has 1 N–H and O–H groups in total. The van der Waals surface area contributed by atoms with Gasteiger partial charge in [0.2, 0.25) is 5.75 Å². The van der Waals surface area contributed by atoms with Crippen LogP contribution < -0.4 is 14.2 Å². The van der Waals surface area contributed by atoms with Crippen molar-refractivity contribution in [2.24, 2.45) is 0 Å². The van der Waals surface area contributed by atoms with Gasteiger partial charge in [0.25, 0.3) is 5.91 Å². The number of nitrogens with zero attached hydrogens (tertiary/aromatic N) is 3. The monoisotopic (exact) mass is 492 g/mol. The molecular weight excluding hydrogens is 456 g/mol. The fourth-order valence-electron chi connectivity index (χ4n) is 5.13. The molecule has 1 atom stereocenters. The van der Waals surface area contributed by atoms with E-state index in [0.29, 0.717) is 42.4 Å². The van der Waals surface area contributed by atoms with E-state index < -0.39 is 0 Å². The van der Waals surface area contributed by atoms with Crippen molar-refractivity contribution in [3.63, 3.8) is 0 Å². The average Bonchev–Trinajstić information content (AvgIpc) is 3.31. The summed E-state index contributed by atoms with van der Waals surface area (Å²) < 4.78 is 17.2. The first-order chi connectivity index (χ1) is 17.5. The van der Waals surface area contributed by atoms with Gasteiger partial charge in [-0.1, -0.05) is 12.1 Å². The highest BCUT2D eigenvalue weighted by Crippen LogP contribution is 2.48. The summed E-state index contributed by atoms with van der Waals surface area (Å²) in [6.45, 7) is 8.92. The summed E-state index contributed by atoms with van der Waals surface area (Å²) >= 11 is 0. The number of hydrogen-bond donors (Lipinski definition) is 1. The predicted octanol–water partition coefficient (Wildman–Crippen LogP) is 4.37. The van der Waals surface area contributed by atoms with Crippen molar-refractivity contribution in [3.8, 4) is 17.2 Å². The Labute approximate surface area is 213 Å². The summed E-state index contributed by atoms with van der Waals surface area (Å²) in [4.78, 5) is 24.8. The summed E-state index contributed by atoms with van der Waals surface area (Å²) in [6, 6.07) is 9.98. The van der Waals surface area contributed by atoms with Gasteiger partial charge in [0, 0.05) is 37.3 Å². The van der Waals surface area contributed by atoms with Crippen molar-refractivity contribution >= 4 is 5.91 Å². The highest BCUT2D eigenvalue weighted by molar-refractivity contribution is 5.94. The first-order valence-electron chi connectivity index (χ1n) is 12.4. The highest BCUT2D eigenvalue weighted by atomic mass is 16.5. The number of aromatic nitrogens is 2. The Morgan fingerprint density at radius 1 is 1.08 bits per heavy atom. The molecule has 192 valence electrons. The number of ether oxygens (including phenoxy) is 3. The van der Waals surface area contributed by atoms with Gasteiger partial charge in [-0.2, -0.15) is 0 Å². The number of fused-ring (bicyclic) bond motifs is 1. The molecule has 8 nitrogen and oxygen atoms in total. The molecule has 1 unspecified atom stereocenters. The van der Waals surface area contributed by atoms with Gasteiger partial charge in [-0.3, -0.25) is 9.69 Å². The molecule has 0 saturated carbocycles. The van der Waals surface area contributed by atoms with Gasteiger partial charge in [0.1, 0.15) is 0 Å². The number of methoxy groups -OCH3 is 3. The second kappa shape index (κ2) is 11.0. The van der Waals surface area contributed by atoms with Crippen molar-refractivity contribution in [1.29, 1.82) is 0 Å². The number of carbonyl (C=O) groups is 1. The van der Waals surface area contributed by atoms with E-state index in [1.807, 2.05) is 37.8 Å². The van der Waals surface area contributed by atoms with Crippen LogP contribution in [0.4, 0.5) is 0 Å². The molecule has 4 rings (SSSR count). The van der Waals surface area contributed by atoms with Crippen molar-refractivity contribution in [2.45, 2.75) is 39.8 Å². The van der Waals surface area contributed by atoms with Crippen LogP contribution in [-0.2, 0) is 13.0 Å². The molecule has 0 saturated heterocycles. The molecule has 0 radical (unpaired) electrons. The largest absolute Gasteiger partial charge is 0.493 e. The number of aromatic amines is 1. The van der Waals surface area contributed by atoms with Crippen molar-refractivity contribution in [3.05, 3.63) is 70.3 Å². The number of nitrogens with one attached hydrogen (secondary N) is 1. The van der Waals surface area contributed by atoms with E-state index in [1.54, 1.807) is 27.7 Å². The van der Waals surface area contributed by atoms with Gasteiger partial charge in [0.05, 0.1) is 45.1 Å². The average molecular weight is 493 g/mol. The molecular formula is C28H36N4O4. The summed E-state index contributed by atoms with van der Waals surface area (Å²) in [6.07, 6.45) is 2.54. The first kappa shape index (κ1) is 25.6. The summed E-state index contributed by atoms with van der Waals surface area (Å²) in [5, 5.41) is 0. The minimum Gasteiger partial charge on any atom is -0.493 e. The minimum absolute atomic E-state index is 0.0496. The van der Waals surface area contributed by atoms with Crippen LogP contribution in [0.5, 0.6) is 17.2 Å². The van der Waals surface area contributed by atoms with Crippen molar-refractivity contribution in [1.82, 2.24) is 19.8 Å². The van der Waals surface area contributed by atoms with Crippen LogP contribution in [0.2, 0.25) is 0 Å². The molecule has 2 aromatic carbocycles. The van der Waals surface area contributed by atoms with Crippen LogP contribution >= 0.6 is 0 Å². The van der Waals surface area contributed by atoms with Crippen molar-refractivity contribution < 1.29 is 19.0 Å². The zero-order chi connectivity index (χ0) is 25.8. The van der Waals surface area contributed by atoms with Crippen molar-refractivity contribution in [2.75, 3.05) is 41.0 Å². The van der Waals surface area contributed by atoms with Gasteiger partial charge in [-0.15, -0.1) is 0 Å². The molecule has 0 fully saturated rings. The molecule has 0 aliphatic carbocycles. The number of benzene rings is 2. The zero-order valence-corrected chi connectivity index (χ0v) is 22.1. The molecule has 1 aliphatic rings. The number of H-pyrrole nitrogens is 1. The SMILES string of the molecule is CCN(CC)C(=O)c1ccc(C2c3cc(OC)c(OC)c(OC)c3CCN2Cc2[nH]cnc2C)cc1. The summed E-state index contributed by atoms with van der Waals surface area (Å²) in [5.74, 6) is 2.00. The lowest BCUT2D eigenvalue weighted by Gasteiger charge is -2.38. The van der Waals surface area contributed by atoms with Crippen LogP contribution in [0.3, 0.4) is 0 Å². The second-order valence-electron chi connectivity index (χ2n) is 8.90. The van der Waals surface area contributed by atoms with E-state index in [-0.39, 0.29) is 11.9 Å². The Bertz CT molecular complexity index is 1200. The third-order valence-corrected chi connectivity index (χ3v) is 7.10. The predicted molar refractivity (Wildman–Crippen MR) is 139 cm³/mol. The third-order valence-electron chi connectivity index (χ3n) is 7.10. The molecule has 1 amide bonds. The maximum atomic E-state index is 12.9. The lowest BCUT2D eigenvalue weighted by atomic mass is 9.86. The number of amides is 1. The van der Waals surface area contributed by atoms with E-state index in [1.165, 1.54) is 0 Å². The number of aryl methyl sites for hydroxylation is 1. The Morgan fingerprint density at radius 2 is 1.78 bits per heavy atom. The molecule has 1 aromatic heterocycles. The van der Waals surface area contributed by atoms with E-state index in [4.69, 9.17) is 14.2 Å². The molecule has 0 spiro atoms. The van der Waals surface area contributed by atoms with E-state index in [9.17, 15) is 4.79 Å². The zero-order valence-electron chi connectivity index (χ0n) is 22.1. The Balaban J connectivity index is 1.81. The quantitative estimate of drug-likeness (QED) is 0.478. The number of imidazole rings is 1. The topological polar surface area (TPSA) is 79.9 Å². The highest BCUT2D eigenvalue weighted by Gasteiger charge is 2.34. The minimum atomic E-state index is -0.0669. The fourth-order valence-corrected chi connectivity index (χ4v) is 5.13. The van der Waals surface area contributed by atoms with Crippen LogP contribution in [0, 0.1) is 6.92 Å². The van der Waals surface area contributed by atoms with Gasteiger partial charge >= 0.3 is 0 Å². The summed E-state index contributed by atoms with van der Waals surface area (Å²) in [5.41, 5.74) is 6.09. The molecule has 2 heterocycles. The number of hydrogen-bond acceptors (Lipinski definition) is 6. The molecule has 3 aromatic rings. The van der Waals surface area contributed by atoms with E-state index in [2.05, 4.69) is 33.1 Å². The van der Waals surface area contributed by atoms with Gasteiger partial charge in [-0.05, 0) is 56.5 Å². The van der Waals surface area contributed by atoms with Gasteiger partial charge in [0.15, 0.2) is 11.5 Å². The Morgan fingerprint density at radius 3 is 2.33 bits per heavy atom. The lowest BCUT2D eigenvalue weighted by Crippen LogP contribution is -2.36. The molecule has 1 aliphatic heterocycles. The number of rotatable bonds is 9. The third kappa shape index (κ3) is 4.65. The van der Waals surface area contributed by atoms with Crippen LogP contribution in [-0.4, -0.2) is 66.6 Å². The maximum Gasteiger partial charge on any atom is 0.253 e. The number of carbonyl (C=O) groups excluding carboxylic acids is 1. The molecule has 0 bridgehead atoms. The smallest absolute Gasteiger partial charge is 0.253 e. The molecule has 8 heteroatoms. The standard InChI is InChI=1S/C28H36N4O4/c1-7-31(8-2)28(33)20-11-9-19(10-12-20)25-22-15-24(34-4)27(36-6)26(35-5)21(22)13-14-32(25)16-23-18(3)29-17-30-23/h9-12,15,17,25H,7-8,13-14,16H2,1-6H3,(H,29,30). The molecule has 36 heavy (non-hydrogen) atoms. The normalized spacial score (nSPS) is 15.3. The van der Waals surface area contributed by atoms with Gasteiger partial charge in [-0.25, -0.2) is 4.98 Å². The van der Waals surface area contributed by atoms with Gasteiger partial charge < -0.3 is 24.1 Å². The summed E-state index contributed by atoms with van der Waals surface area (Å²) in [7, 11) is 4.94. The van der Waals surface area contributed by atoms with Crippen LogP contribution in [0.15, 0.2) is 36.7 Å². The fraction of sp³-hybridized carbons (Fsp3) is 0.429. The Hall–Kier alpha value is -3.52. The first-order valence-corrected chi connectivity index (χ1v) is 12.4. The maximum absolute atomic E-state index is 12.9. The van der Waals surface area contributed by atoms with Crippen LogP contribution in [0.25, 0.3) is 0 Å². The van der Waals surface area contributed by atoms with E-state index >= 15 is 0 Å².